The minimum Gasteiger partial charge on any atom is -0.362 e. The topological polar surface area (TPSA) is 129 Å². The number of rotatable bonds is 5. The normalized spacial score (nSPS) is 20.6. The van der Waals surface area contributed by atoms with Gasteiger partial charge in [0, 0.05) is 48.9 Å². The number of nitro benzene ring substituents is 1. The first-order chi connectivity index (χ1) is 16.1. The van der Waals surface area contributed by atoms with E-state index in [0.717, 1.165) is 31.6 Å². The van der Waals surface area contributed by atoms with Crippen molar-refractivity contribution in [1.82, 2.24) is 20.5 Å². The highest BCUT2D eigenvalue weighted by Gasteiger charge is 2.37. The highest BCUT2D eigenvalue weighted by Crippen LogP contribution is 2.35. The largest absolute Gasteiger partial charge is 0.416 e. The Morgan fingerprint density at radius 2 is 1.91 bits per heavy atom. The van der Waals surface area contributed by atoms with E-state index in [-0.39, 0.29) is 16.8 Å². The maximum Gasteiger partial charge on any atom is 0.416 e. The van der Waals surface area contributed by atoms with Crippen LogP contribution in [0.25, 0.3) is 10.8 Å². The van der Waals surface area contributed by atoms with Crippen LogP contribution in [0.3, 0.4) is 0 Å². The van der Waals surface area contributed by atoms with Crippen LogP contribution >= 0.6 is 0 Å². The lowest BCUT2D eigenvalue weighted by atomic mass is 9.91. The van der Waals surface area contributed by atoms with E-state index >= 15 is 0 Å². The van der Waals surface area contributed by atoms with Crippen LogP contribution in [0.5, 0.6) is 0 Å². The third-order valence-corrected chi connectivity index (χ3v) is 6.24. The Bertz CT molecular complexity index is 1330. The van der Waals surface area contributed by atoms with Crippen molar-refractivity contribution >= 4 is 28.1 Å². The first kappa shape index (κ1) is 22.1. The zero-order valence-electron chi connectivity index (χ0n) is 17.9. The van der Waals surface area contributed by atoms with Crippen LogP contribution in [0.2, 0.25) is 0 Å². The fourth-order valence-corrected chi connectivity index (χ4v) is 4.47. The molecule has 0 aliphatic carbocycles. The number of piperazine rings is 1. The number of hydrogen-bond acceptors (Lipinski definition) is 8. The van der Waals surface area contributed by atoms with Crippen molar-refractivity contribution in [2.75, 3.05) is 23.3 Å². The van der Waals surface area contributed by atoms with E-state index in [9.17, 15) is 28.1 Å². The molecule has 2 unspecified atom stereocenters. The smallest absolute Gasteiger partial charge is 0.362 e. The van der Waals surface area contributed by atoms with Gasteiger partial charge in [0.1, 0.15) is 5.82 Å². The number of alkyl halides is 3. The Morgan fingerprint density at radius 3 is 2.56 bits per heavy atom. The molecule has 5 heterocycles. The second-order valence-electron chi connectivity index (χ2n) is 8.62. The van der Waals surface area contributed by atoms with Crippen LogP contribution in [0.1, 0.15) is 30.5 Å². The number of H-pyrrole nitrogens is 1. The van der Waals surface area contributed by atoms with E-state index in [2.05, 4.69) is 30.7 Å². The number of nitro groups is 1. The monoisotopic (exact) mass is 475 g/mol. The summed E-state index contributed by atoms with van der Waals surface area (Å²) in [4.78, 5) is 29.1. The van der Waals surface area contributed by atoms with Crippen LogP contribution in [0, 0.1) is 10.1 Å². The third-order valence-electron chi connectivity index (χ3n) is 6.24. The maximum atomic E-state index is 13.3. The third kappa shape index (κ3) is 4.02. The van der Waals surface area contributed by atoms with Crippen molar-refractivity contribution in [1.29, 1.82) is 0 Å². The number of anilines is 2. The predicted octanol–water partition coefficient (Wildman–Crippen LogP) is 2.97. The summed E-state index contributed by atoms with van der Waals surface area (Å²) in [7, 11) is 0. The highest BCUT2D eigenvalue weighted by atomic mass is 19.4. The van der Waals surface area contributed by atoms with Gasteiger partial charge in [0.25, 0.3) is 11.2 Å². The van der Waals surface area contributed by atoms with Gasteiger partial charge < -0.3 is 15.5 Å². The van der Waals surface area contributed by atoms with Gasteiger partial charge in [-0.15, -0.1) is 0 Å². The Hall–Kier alpha value is -3.74. The molecular formula is C21H20F3N7O3. The van der Waals surface area contributed by atoms with E-state index in [1.165, 1.54) is 6.20 Å². The molecule has 3 N–H and O–H groups in total. The van der Waals surface area contributed by atoms with Crippen LogP contribution in [-0.4, -0.2) is 45.3 Å². The molecule has 3 aliphatic heterocycles. The molecule has 0 spiro atoms. The fourth-order valence-electron chi connectivity index (χ4n) is 4.47. The molecule has 13 heteroatoms. The number of nitrogens with zero attached hydrogens (tertiary/aromatic N) is 4. The summed E-state index contributed by atoms with van der Waals surface area (Å²) in [6.07, 6.45) is -2.18. The molecule has 3 aromatic rings. The zero-order chi connectivity index (χ0) is 24.2. The minimum absolute atomic E-state index is 0.0548. The van der Waals surface area contributed by atoms with Gasteiger partial charge in [-0.2, -0.15) is 18.3 Å². The molecule has 2 bridgehead atoms. The van der Waals surface area contributed by atoms with Crippen molar-refractivity contribution in [2.45, 2.75) is 37.6 Å². The first-order valence-corrected chi connectivity index (χ1v) is 10.6. The van der Waals surface area contributed by atoms with Crippen molar-refractivity contribution in [3.8, 4) is 0 Å². The van der Waals surface area contributed by atoms with Gasteiger partial charge in [-0.05, 0) is 31.0 Å². The van der Waals surface area contributed by atoms with Gasteiger partial charge in [-0.3, -0.25) is 14.9 Å². The molecule has 178 valence electrons. The van der Waals surface area contributed by atoms with E-state index in [1.54, 1.807) is 13.0 Å². The Labute approximate surface area is 190 Å². The number of non-ortho nitro benzene ring substituents is 1. The van der Waals surface area contributed by atoms with E-state index < -0.39 is 34.0 Å². The van der Waals surface area contributed by atoms with Gasteiger partial charge in [0.2, 0.25) is 0 Å². The average Bonchev–Trinajstić information content (AvgIpc) is 2.79. The molecule has 2 aromatic heterocycles. The van der Waals surface area contributed by atoms with Gasteiger partial charge in [-0.25, -0.2) is 10.1 Å². The van der Waals surface area contributed by atoms with Crippen molar-refractivity contribution < 1.29 is 18.1 Å². The number of hydrogen-bond donors (Lipinski definition) is 3. The molecule has 0 amide bonds. The van der Waals surface area contributed by atoms with Crippen LogP contribution < -0.4 is 21.1 Å². The van der Waals surface area contributed by atoms with Gasteiger partial charge in [-0.1, -0.05) is 0 Å². The Kier molecular flexibility index (Phi) is 5.15. The molecule has 1 aromatic carbocycles. The molecule has 3 fully saturated rings. The standard InChI is InChI=1S/C21H20F3N7O3/c1-10(11-2-12(21(22,23)24)4-15(3-11)31(33)34)26-19-16-6-18(25-7-17(16)20(32)29-28-19)30-8-13-5-14(9-30)27-13/h2-4,6-7,10,13-14,27H,5,8-9H2,1H3,(H,26,28)(H,29,32)/t10-,13?,14?/m1/s1. The first-order valence-electron chi connectivity index (χ1n) is 10.6. The number of fused-ring (bicyclic) bond motifs is 3. The lowest BCUT2D eigenvalue weighted by Gasteiger charge is -2.48. The fraction of sp³-hybridized carbons (Fsp3) is 0.381. The second kappa shape index (κ2) is 7.94. The van der Waals surface area contributed by atoms with Gasteiger partial charge >= 0.3 is 6.18 Å². The number of piperidine rings is 1. The van der Waals surface area contributed by atoms with Crippen molar-refractivity contribution in [2.24, 2.45) is 0 Å². The van der Waals surface area contributed by atoms with Crippen LogP contribution in [0.15, 0.2) is 35.3 Å². The van der Waals surface area contributed by atoms with E-state index in [1.807, 2.05) is 0 Å². The number of halogens is 3. The Balaban J connectivity index is 1.50. The molecule has 3 saturated heterocycles. The van der Waals surface area contributed by atoms with E-state index in [4.69, 9.17) is 0 Å². The molecular weight excluding hydrogens is 455 g/mol. The molecule has 3 aliphatic rings. The highest BCUT2D eigenvalue weighted by molar-refractivity contribution is 5.92. The maximum absolute atomic E-state index is 13.3. The number of aromatic nitrogens is 3. The summed E-state index contributed by atoms with van der Waals surface area (Å²) in [6, 6.07) is 4.17. The molecule has 6 rings (SSSR count). The molecule has 0 saturated carbocycles. The summed E-state index contributed by atoms with van der Waals surface area (Å²) in [5, 5.41) is 24.7. The molecule has 0 radical (unpaired) electrons. The lowest BCUT2D eigenvalue weighted by Crippen LogP contribution is -2.67. The van der Waals surface area contributed by atoms with Crippen LogP contribution in [0.4, 0.5) is 30.5 Å². The van der Waals surface area contributed by atoms with Crippen molar-refractivity contribution in [3.05, 3.63) is 62.1 Å². The number of aromatic amines is 1. The summed E-state index contributed by atoms with van der Waals surface area (Å²) >= 11 is 0. The molecule has 34 heavy (non-hydrogen) atoms. The lowest BCUT2D eigenvalue weighted by molar-refractivity contribution is -0.385. The SMILES string of the molecule is C[C@@H](Nc1n[nH]c(=O)c2cnc(N3CC4CC(C3)N4)cc12)c1cc([N+](=O)[O-])cc(C(F)(F)F)c1. The Morgan fingerprint density at radius 1 is 1.21 bits per heavy atom. The summed E-state index contributed by atoms with van der Waals surface area (Å²) in [6.45, 7) is 3.11. The number of pyridine rings is 1. The quantitative estimate of drug-likeness (QED) is 0.380. The summed E-state index contributed by atoms with van der Waals surface area (Å²) < 4.78 is 39.9. The van der Waals surface area contributed by atoms with Gasteiger partial charge in [0.15, 0.2) is 5.82 Å². The summed E-state index contributed by atoms with van der Waals surface area (Å²) in [5.74, 6) is 0.896. The number of benzene rings is 1. The molecule has 3 atom stereocenters. The van der Waals surface area contributed by atoms with Gasteiger partial charge in [0.05, 0.1) is 21.9 Å². The second-order valence-corrected chi connectivity index (χ2v) is 8.62. The molecule has 10 nitrogen and oxygen atoms in total. The number of nitrogens with one attached hydrogen (secondary N) is 3. The van der Waals surface area contributed by atoms with Crippen molar-refractivity contribution in [3.63, 3.8) is 0 Å². The minimum atomic E-state index is -4.74. The zero-order valence-corrected chi connectivity index (χ0v) is 17.9. The van der Waals surface area contributed by atoms with Crippen LogP contribution in [-0.2, 0) is 6.18 Å². The average molecular weight is 475 g/mol. The van der Waals surface area contributed by atoms with E-state index in [0.29, 0.717) is 29.4 Å². The predicted molar refractivity (Wildman–Crippen MR) is 118 cm³/mol. The summed E-state index contributed by atoms with van der Waals surface area (Å²) in [5.41, 5.74) is -2.18.